The molecule has 0 saturated heterocycles. The Morgan fingerprint density at radius 2 is 2.44 bits per heavy atom. The summed E-state index contributed by atoms with van der Waals surface area (Å²) in [6.07, 6.45) is 3.49. The van der Waals surface area contributed by atoms with Gasteiger partial charge in [-0.1, -0.05) is 11.3 Å². The summed E-state index contributed by atoms with van der Waals surface area (Å²) in [4.78, 5) is 12.1. The zero-order valence-electron chi connectivity index (χ0n) is 4.53. The van der Waals surface area contributed by atoms with Crippen molar-refractivity contribution in [2.24, 2.45) is 0 Å². The number of rotatable bonds is 0. The smallest absolute Gasteiger partial charge is 0.224 e. The molecule has 0 atom stereocenters. The van der Waals surface area contributed by atoms with Crippen LogP contribution in [0.25, 0.3) is 10.5 Å². The number of thiazole rings is 1. The van der Waals surface area contributed by atoms with Crippen LogP contribution in [0.1, 0.15) is 0 Å². The molecule has 2 rings (SSSR count). The second-order valence-corrected chi connectivity index (χ2v) is 2.45. The Morgan fingerprint density at radius 1 is 1.44 bits per heavy atom. The zero-order chi connectivity index (χ0) is 6.10. The summed E-state index contributed by atoms with van der Waals surface area (Å²) in [6, 6.07) is 0. The Morgan fingerprint density at radius 3 is 3.33 bits per heavy atom. The minimum atomic E-state index is 0.794. The van der Waals surface area contributed by atoms with E-state index < -0.39 is 0 Å². The van der Waals surface area contributed by atoms with Gasteiger partial charge in [0.1, 0.15) is 0 Å². The van der Waals surface area contributed by atoms with E-state index in [1.165, 1.54) is 0 Å². The first-order valence-corrected chi connectivity index (χ1v) is 3.41. The maximum atomic E-state index is 4.01. The Kier molecular flexibility index (Phi) is 0.927. The molecule has 0 radical (unpaired) electrons. The SMILES string of the molecule is c1c[nH+]c2scnc2n1. The lowest BCUT2D eigenvalue weighted by Crippen LogP contribution is -1.99. The summed E-state index contributed by atoms with van der Waals surface area (Å²) in [6.45, 7) is 0. The lowest BCUT2D eigenvalue weighted by Gasteiger charge is -1.73. The molecule has 0 bridgehead atoms. The molecule has 4 heteroatoms. The Bertz CT molecular complexity index is 286. The van der Waals surface area contributed by atoms with E-state index in [9.17, 15) is 0 Å². The number of H-pyrrole nitrogens is 1. The number of nitrogens with zero attached hydrogens (tertiary/aromatic N) is 2. The van der Waals surface area contributed by atoms with Gasteiger partial charge in [-0.3, -0.25) is 0 Å². The minimum Gasteiger partial charge on any atom is -0.224 e. The van der Waals surface area contributed by atoms with E-state index in [1.807, 2.05) is 0 Å². The van der Waals surface area contributed by atoms with Crippen LogP contribution in [0.5, 0.6) is 0 Å². The van der Waals surface area contributed by atoms with E-state index >= 15 is 0 Å². The molecule has 9 heavy (non-hydrogen) atoms. The molecule has 0 aromatic carbocycles. The highest BCUT2D eigenvalue weighted by Crippen LogP contribution is 2.06. The number of fused-ring (bicyclic) bond motifs is 1. The van der Waals surface area contributed by atoms with Gasteiger partial charge in [0, 0.05) is 0 Å². The highest BCUT2D eigenvalue weighted by atomic mass is 32.1. The first-order chi connectivity index (χ1) is 4.47. The maximum Gasteiger partial charge on any atom is 0.306 e. The molecule has 2 aromatic heterocycles. The molecule has 44 valence electrons. The average Bonchev–Trinajstić information content (AvgIpc) is 2.33. The van der Waals surface area contributed by atoms with Crippen LogP contribution in [0.4, 0.5) is 0 Å². The fraction of sp³-hybridized carbons (Fsp3) is 0. The van der Waals surface area contributed by atoms with Crippen LogP contribution in [0.15, 0.2) is 17.9 Å². The third-order valence-electron chi connectivity index (χ3n) is 1.03. The van der Waals surface area contributed by atoms with Crippen LogP contribution in [0.2, 0.25) is 0 Å². The normalized spacial score (nSPS) is 10.2. The van der Waals surface area contributed by atoms with Gasteiger partial charge in [0.2, 0.25) is 5.65 Å². The van der Waals surface area contributed by atoms with Crippen LogP contribution in [0.3, 0.4) is 0 Å². The number of hydrogen-bond acceptors (Lipinski definition) is 3. The number of aromatic amines is 1. The third kappa shape index (κ3) is 0.675. The first kappa shape index (κ1) is 4.81. The Balaban J connectivity index is 2.95. The largest absolute Gasteiger partial charge is 0.306 e. The van der Waals surface area contributed by atoms with E-state index in [-0.39, 0.29) is 0 Å². The van der Waals surface area contributed by atoms with Gasteiger partial charge in [0.15, 0.2) is 6.20 Å². The quantitative estimate of drug-likeness (QED) is 0.532. The predicted octanol–water partition coefficient (Wildman–Crippen LogP) is 0.505. The average molecular weight is 138 g/mol. The molecule has 2 heterocycles. The molecule has 1 N–H and O–H groups in total. The van der Waals surface area contributed by atoms with Gasteiger partial charge in [0.25, 0.3) is 0 Å². The van der Waals surface area contributed by atoms with Crippen molar-refractivity contribution in [2.75, 3.05) is 0 Å². The second-order valence-electron chi connectivity index (χ2n) is 1.59. The van der Waals surface area contributed by atoms with Gasteiger partial charge in [-0.15, -0.1) is 0 Å². The number of nitrogens with one attached hydrogen (secondary N) is 1. The van der Waals surface area contributed by atoms with Gasteiger partial charge < -0.3 is 0 Å². The van der Waals surface area contributed by atoms with Crippen molar-refractivity contribution < 1.29 is 4.98 Å². The highest BCUT2D eigenvalue weighted by molar-refractivity contribution is 7.15. The van der Waals surface area contributed by atoms with E-state index in [0.29, 0.717) is 0 Å². The molecular formula is C5H4N3S+. The summed E-state index contributed by atoms with van der Waals surface area (Å²) < 4.78 is 0. The molecule has 0 amide bonds. The fourth-order valence-electron chi connectivity index (χ4n) is 0.652. The van der Waals surface area contributed by atoms with Crippen LogP contribution < -0.4 is 4.98 Å². The zero-order valence-corrected chi connectivity index (χ0v) is 5.35. The Hall–Kier alpha value is -1.03. The summed E-state index contributed by atoms with van der Waals surface area (Å²) >= 11 is 1.56. The van der Waals surface area contributed by atoms with Crippen molar-refractivity contribution in [3.05, 3.63) is 17.9 Å². The van der Waals surface area contributed by atoms with Crippen molar-refractivity contribution in [3.63, 3.8) is 0 Å². The molecule has 0 unspecified atom stereocenters. The van der Waals surface area contributed by atoms with E-state index in [0.717, 1.165) is 10.5 Å². The van der Waals surface area contributed by atoms with Gasteiger partial charge in [-0.2, -0.15) is 4.98 Å². The van der Waals surface area contributed by atoms with Crippen molar-refractivity contribution >= 4 is 21.8 Å². The van der Waals surface area contributed by atoms with E-state index in [4.69, 9.17) is 0 Å². The lowest BCUT2D eigenvalue weighted by molar-refractivity contribution is -0.342. The topological polar surface area (TPSA) is 39.9 Å². The van der Waals surface area contributed by atoms with Crippen molar-refractivity contribution in [2.45, 2.75) is 0 Å². The molecule has 0 aliphatic carbocycles. The fourth-order valence-corrected chi connectivity index (χ4v) is 1.26. The van der Waals surface area contributed by atoms with Gasteiger partial charge >= 0.3 is 4.83 Å². The maximum absolute atomic E-state index is 4.01. The van der Waals surface area contributed by atoms with Gasteiger partial charge in [0.05, 0.1) is 11.7 Å². The monoisotopic (exact) mass is 138 g/mol. The number of aromatic nitrogens is 3. The lowest BCUT2D eigenvalue weighted by atomic mass is 10.7. The number of hydrogen-bond donors (Lipinski definition) is 0. The minimum absolute atomic E-state index is 0.794. The predicted molar refractivity (Wildman–Crippen MR) is 34.0 cm³/mol. The van der Waals surface area contributed by atoms with Gasteiger partial charge in [-0.25, -0.2) is 9.97 Å². The van der Waals surface area contributed by atoms with Crippen LogP contribution in [-0.4, -0.2) is 9.97 Å². The third-order valence-corrected chi connectivity index (χ3v) is 1.78. The summed E-state index contributed by atoms with van der Waals surface area (Å²) in [5, 5.41) is 0. The summed E-state index contributed by atoms with van der Waals surface area (Å²) in [5.41, 5.74) is 2.57. The molecule has 0 fully saturated rings. The standard InChI is InChI=1S/C5H3N3S/c1-2-7-5-4(6-1)8-3-9-5/h1-3H/p+1. The van der Waals surface area contributed by atoms with Crippen LogP contribution in [-0.2, 0) is 0 Å². The molecule has 3 nitrogen and oxygen atoms in total. The molecule has 0 aliphatic heterocycles. The molecule has 0 aliphatic rings. The molecular weight excluding hydrogens is 134 g/mol. The Labute approximate surface area is 55.4 Å². The van der Waals surface area contributed by atoms with Crippen molar-refractivity contribution in [1.82, 2.24) is 9.97 Å². The van der Waals surface area contributed by atoms with E-state index in [1.54, 1.807) is 29.2 Å². The first-order valence-electron chi connectivity index (χ1n) is 2.53. The molecule has 2 aromatic rings. The molecule has 0 saturated carbocycles. The molecule has 0 spiro atoms. The van der Waals surface area contributed by atoms with Crippen molar-refractivity contribution in [3.8, 4) is 0 Å². The van der Waals surface area contributed by atoms with Crippen LogP contribution >= 0.6 is 11.3 Å². The van der Waals surface area contributed by atoms with E-state index in [2.05, 4.69) is 15.0 Å². The second kappa shape index (κ2) is 1.73. The summed E-state index contributed by atoms with van der Waals surface area (Å²) in [7, 11) is 0. The summed E-state index contributed by atoms with van der Waals surface area (Å²) in [5.74, 6) is 0. The van der Waals surface area contributed by atoms with Gasteiger partial charge in [-0.05, 0) is 0 Å². The van der Waals surface area contributed by atoms with Crippen LogP contribution in [0, 0.1) is 0 Å². The highest BCUT2D eigenvalue weighted by Gasteiger charge is 1.99. The van der Waals surface area contributed by atoms with Crippen molar-refractivity contribution in [1.29, 1.82) is 0 Å².